The quantitative estimate of drug-likeness (QED) is 0.870. The Morgan fingerprint density at radius 1 is 1.14 bits per heavy atom. The number of hydrogen-bond acceptors (Lipinski definition) is 4. The lowest BCUT2D eigenvalue weighted by Crippen LogP contribution is -2.37. The minimum absolute atomic E-state index is 0.0436. The van der Waals surface area contributed by atoms with Gasteiger partial charge in [-0.25, -0.2) is 4.39 Å². The molecular weight excluding hydrogens is 289 g/mol. The van der Waals surface area contributed by atoms with Crippen molar-refractivity contribution in [1.29, 1.82) is 0 Å². The topological polar surface area (TPSA) is 79.4 Å². The lowest BCUT2D eigenvalue weighted by molar-refractivity contribution is -0.116. The van der Waals surface area contributed by atoms with Crippen LogP contribution in [0.4, 0.5) is 10.1 Å². The molecule has 1 aromatic carbocycles. The highest BCUT2D eigenvalue weighted by atomic mass is 19.1. The molecule has 7 heteroatoms. The van der Waals surface area contributed by atoms with Gasteiger partial charge in [-0.05, 0) is 36.4 Å². The molecule has 0 aliphatic carbocycles. The highest BCUT2D eigenvalue weighted by molar-refractivity contribution is 6.21. The average molecular weight is 299 g/mol. The third-order valence-electron chi connectivity index (χ3n) is 3.16. The van der Waals surface area contributed by atoms with E-state index in [1.165, 1.54) is 36.5 Å². The lowest BCUT2D eigenvalue weighted by Gasteiger charge is -2.13. The Bertz CT molecular complexity index is 739. The summed E-state index contributed by atoms with van der Waals surface area (Å²) in [6.07, 6.45) is 1.41. The maximum Gasteiger partial charge on any atom is 0.280 e. The van der Waals surface area contributed by atoms with Crippen LogP contribution in [0.15, 0.2) is 42.6 Å². The Morgan fingerprint density at radius 2 is 1.86 bits per heavy atom. The van der Waals surface area contributed by atoms with Crippen molar-refractivity contribution in [3.63, 3.8) is 0 Å². The lowest BCUT2D eigenvalue weighted by atomic mass is 10.2. The summed E-state index contributed by atoms with van der Waals surface area (Å²) < 4.78 is 12.8. The molecule has 2 heterocycles. The number of aromatic nitrogens is 1. The number of benzene rings is 1. The first kappa shape index (κ1) is 13.9. The molecule has 0 fully saturated rings. The van der Waals surface area contributed by atoms with Gasteiger partial charge >= 0.3 is 0 Å². The number of rotatable bonds is 3. The highest BCUT2D eigenvalue weighted by Crippen LogP contribution is 2.20. The van der Waals surface area contributed by atoms with E-state index in [1.54, 1.807) is 6.07 Å². The minimum Gasteiger partial charge on any atom is -0.325 e. The van der Waals surface area contributed by atoms with Crippen LogP contribution in [0, 0.1) is 5.82 Å². The maximum absolute atomic E-state index is 12.8. The van der Waals surface area contributed by atoms with Crippen LogP contribution < -0.4 is 5.32 Å². The normalized spacial score (nSPS) is 13.2. The van der Waals surface area contributed by atoms with Crippen LogP contribution in [-0.4, -0.2) is 34.2 Å². The van der Waals surface area contributed by atoms with E-state index >= 15 is 0 Å². The van der Waals surface area contributed by atoms with Gasteiger partial charge in [-0.1, -0.05) is 0 Å². The summed E-state index contributed by atoms with van der Waals surface area (Å²) in [7, 11) is 0. The van der Waals surface area contributed by atoms with Crippen molar-refractivity contribution >= 4 is 23.4 Å². The molecule has 2 aromatic rings. The van der Waals surface area contributed by atoms with Gasteiger partial charge in [0.2, 0.25) is 5.91 Å². The monoisotopic (exact) mass is 299 g/mol. The first-order chi connectivity index (χ1) is 10.6. The Hall–Kier alpha value is -3.09. The van der Waals surface area contributed by atoms with Gasteiger partial charge in [0.1, 0.15) is 18.1 Å². The summed E-state index contributed by atoms with van der Waals surface area (Å²) in [5.74, 6) is -2.14. The van der Waals surface area contributed by atoms with Crippen LogP contribution in [0.2, 0.25) is 0 Å². The van der Waals surface area contributed by atoms with Crippen molar-refractivity contribution in [3.05, 3.63) is 59.7 Å². The van der Waals surface area contributed by atoms with Gasteiger partial charge in [-0.3, -0.25) is 24.3 Å². The van der Waals surface area contributed by atoms with E-state index in [9.17, 15) is 18.8 Å². The molecule has 3 amide bonds. The van der Waals surface area contributed by atoms with Crippen LogP contribution in [0.5, 0.6) is 0 Å². The highest BCUT2D eigenvalue weighted by Gasteiger charge is 2.37. The zero-order chi connectivity index (χ0) is 15.7. The van der Waals surface area contributed by atoms with Crippen LogP contribution >= 0.6 is 0 Å². The number of nitrogens with one attached hydrogen (secondary N) is 1. The number of imide groups is 1. The molecule has 0 saturated heterocycles. The van der Waals surface area contributed by atoms with E-state index < -0.39 is 30.1 Å². The molecule has 0 unspecified atom stereocenters. The number of carbonyl (C=O) groups excluding carboxylic acids is 3. The van der Waals surface area contributed by atoms with Gasteiger partial charge < -0.3 is 5.32 Å². The molecule has 6 nitrogen and oxygen atoms in total. The number of amides is 3. The van der Waals surface area contributed by atoms with E-state index in [1.807, 2.05) is 0 Å². The van der Waals surface area contributed by atoms with Gasteiger partial charge in [0.05, 0.1) is 5.56 Å². The van der Waals surface area contributed by atoms with Crippen molar-refractivity contribution < 1.29 is 18.8 Å². The van der Waals surface area contributed by atoms with Crippen molar-refractivity contribution in [3.8, 4) is 0 Å². The summed E-state index contributed by atoms with van der Waals surface area (Å²) >= 11 is 0. The van der Waals surface area contributed by atoms with E-state index in [0.717, 1.165) is 4.90 Å². The Balaban J connectivity index is 1.71. The van der Waals surface area contributed by atoms with E-state index in [-0.39, 0.29) is 11.3 Å². The summed E-state index contributed by atoms with van der Waals surface area (Å²) in [6.45, 7) is -0.425. The molecule has 1 N–H and O–H groups in total. The molecule has 0 saturated carbocycles. The Kier molecular flexibility index (Phi) is 3.38. The zero-order valence-corrected chi connectivity index (χ0v) is 11.2. The molecule has 110 valence electrons. The number of anilines is 1. The second-order valence-corrected chi connectivity index (χ2v) is 4.65. The molecule has 0 atom stereocenters. The average Bonchev–Trinajstić information content (AvgIpc) is 2.75. The Labute approximate surface area is 124 Å². The third kappa shape index (κ3) is 2.44. The number of hydrogen-bond donors (Lipinski definition) is 1. The van der Waals surface area contributed by atoms with E-state index in [4.69, 9.17) is 0 Å². The molecule has 22 heavy (non-hydrogen) atoms. The van der Waals surface area contributed by atoms with Crippen molar-refractivity contribution in [1.82, 2.24) is 9.88 Å². The predicted molar refractivity (Wildman–Crippen MR) is 74.6 cm³/mol. The molecule has 1 aromatic heterocycles. The predicted octanol–water partition coefficient (Wildman–Crippen LogP) is 1.46. The number of fused-ring (bicyclic) bond motifs is 1. The zero-order valence-electron chi connectivity index (χ0n) is 11.2. The van der Waals surface area contributed by atoms with Crippen LogP contribution in [0.3, 0.4) is 0 Å². The molecule has 0 spiro atoms. The number of nitrogens with zero attached hydrogens (tertiary/aromatic N) is 2. The third-order valence-corrected chi connectivity index (χ3v) is 3.16. The van der Waals surface area contributed by atoms with Crippen molar-refractivity contribution in [2.75, 3.05) is 11.9 Å². The summed E-state index contributed by atoms with van der Waals surface area (Å²) in [5, 5.41) is 2.49. The summed E-state index contributed by atoms with van der Waals surface area (Å²) in [5.41, 5.74) is 0.602. The van der Waals surface area contributed by atoms with E-state index in [0.29, 0.717) is 5.69 Å². The fourth-order valence-electron chi connectivity index (χ4n) is 2.13. The molecule has 3 rings (SSSR count). The smallest absolute Gasteiger partial charge is 0.280 e. The summed E-state index contributed by atoms with van der Waals surface area (Å²) in [6, 6.07) is 8.20. The standard InChI is InChI=1S/C15H10FN3O3/c16-9-3-5-10(6-4-9)18-12(20)8-19-14(21)11-2-1-7-17-13(11)15(19)22/h1-7H,8H2,(H,18,20). The molecule has 0 radical (unpaired) electrons. The largest absolute Gasteiger partial charge is 0.325 e. The number of carbonyl (C=O) groups is 3. The fraction of sp³-hybridized carbons (Fsp3) is 0.0667. The maximum atomic E-state index is 12.8. The first-order valence-electron chi connectivity index (χ1n) is 6.43. The van der Waals surface area contributed by atoms with Gasteiger partial charge in [0.25, 0.3) is 11.8 Å². The molecule has 0 bridgehead atoms. The first-order valence-corrected chi connectivity index (χ1v) is 6.43. The number of halogens is 1. The molecular formula is C15H10FN3O3. The van der Waals surface area contributed by atoms with Gasteiger partial charge in [0, 0.05) is 11.9 Å². The fourth-order valence-corrected chi connectivity index (χ4v) is 2.13. The Morgan fingerprint density at radius 3 is 2.55 bits per heavy atom. The molecule has 1 aliphatic rings. The van der Waals surface area contributed by atoms with Crippen LogP contribution in [-0.2, 0) is 4.79 Å². The van der Waals surface area contributed by atoms with Gasteiger partial charge in [0.15, 0.2) is 0 Å². The van der Waals surface area contributed by atoms with Gasteiger partial charge in [-0.2, -0.15) is 0 Å². The molecule has 1 aliphatic heterocycles. The van der Waals surface area contributed by atoms with Gasteiger partial charge in [-0.15, -0.1) is 0 Å². The van der Waals surface area contributed by atoms with Crippen LogP contribution in [0.25, 0.3) is 0 Å². The summed E-state index contributed by atoms with van der Waals surface area (Å²) in [4.78, 5) is 40.7. The second kappa shape index (κ2) is 5.36. The van der Waals surface area contributed by atoms with Crippen molar-refractivity contribution in [2.45, 2.75) is 0 Å². The SMILES string of the molecule is O=C(CN1C(=O)c2cccnc2C1=O)Nc1ccc(F)cc1. The van der Waals surface area contributed by atoms with Crippen molar-refractivity contribution in [2.24, 2.45) is 0 Å². The minimum atomic E-state index is -0.602. The van der Waals surface area contributed by atoms with Crippen LogP contribution in [0.1, 0.15) is 20.8 Å². The second-order valence-electron chi connectivity index (χ2n) is 4.65. The van der Waals surface area contributed by atoms with E-state index in [2.05, 4.69) is 10.3 Å². The number of pyridine rings is 1.